The number of fused-ring (bicyclic) bond motifs is 1. The minimum Gasteiger partial charge on any atom is -0.383 e. The highest BCUT2D eigenvalue weighted by molar-refractivity contribution is 9.11. The number of anilines is 1. The molecule has 0 spiro atoms. The van der Waals surface area contributed by atoms with Gasteiger partial charge in [0, 0.05) is 48.5 Å². The van der Waals surface area contributed by atoms with E-state index in [-0.39, 0.29) is 6.04 Å². The number of aromatic nitrogens is 4. The van der Waals surface area contributed by atoms with Crippen molar-refractivity contribution in [1.29, 1.82) is 0 Å². The Balaban J connectivity index is 1.73. The summed E-state index contributed by atoms with van der Waals surface area (Å²) in [6.07, 6.45) is 5.66. The van der Waals surface area contributed by atoms with Gasteiger partial charge in [-0.25, -0.2) is 4.68 Å². The van der Waals surface area contributed by atoms with Crippen LogP contribution in [0, 0.1) is 0 Å². The van der Waals surface area contributed by atoms with Gasteiger partial charge in [-0.3, -0.25) is 4.68 Å². The van der Waals surface area contributed by atoms with Gasteiger partial charge in [-0.1, -0.05) is 0 Å². The molecule has 0 bridgehead atoms. The Kier molecular flexibility index (Phi) is 3.86. The maximum Gasteiger partial charge on any atom is 0.140 e. The minimum absolute atomic E-state index is 0.132. The number of halogens is 1. The number of nitrogens with zero attached hydrogens (tertiary/aromatic N) is 4. The van der Waals surface area contributed by atoms with E-state index >= 15 is 0 Å². The van der Waals surface area contributed by atoms with E-state index in [1.807, 2.05) is 37.4 Å². The lowest BCUT2D eigenvalue weighted by atomic mass is 10.1. The normalized spacial score (nSPS) is 24.4. The van der Waals surface area contributed by atoms with Crippen molar-refractivity contribution in [2.45, 2.75) is 11.3 Å². The number of rotatable bonds is 2. The highest BCUT2D eigenvalue weighted by Crippen LogP contribution is 2.38. The van der Waals surface area contributed by atoms with Gasteiger partial charge in [0.05, 0.1) is 22.9 Å². The molecule has 1 saturated heterocycles. The van der Waals surface area contributed by atoms with Gasteiger partial charge in [0.25, 0.3) is 0 Å². The molecular formula is C14H18BrN7S. The zero-order valence-electron chi connectivity index (χ0n) is 12.7. The molecule has 2 aliphatic rings. The van der Waals surface area contributed by atoms with Crippen molar-refractivity contribution in [2.24, 2.45) is 12.8 Å². The van der Waals surface area contributed by atoms with Crippen LogP contribution in [0.3, 0.4) is 0 Å². The van der Waals surface area contributed by atoms with Crippen LogP contribution in [-0.4, -0.2) is 49.7 Å². The van der Waals surface area contributed by atoms with Crippen LogP contribution in [0.4, 0.5) is 5.82 Å². The molecule has 4 heterocycles. The molecule has 4 rings (SSSR count). The van der Waals surface area contributed by atoms with Crippen molar-refractivity contribution in [1.82, 2.24) is 24.9 Å². The summed E-state index contributed by atoms with van der Waals surface area (Å²) in [5.41, 5.74) is 8.37. The summed E-state index contributed by atoms with van der Waals surface area (Å²) in [6.45, 7) is 2.02. The fourth-order valence-electron chi connectivity index (χ4n) is 2.97. The third-order valence-electron chi connectivity index (χ3n) is 4.15. The zero-order chi connectivity index (χ0) is 16.0. The number of hydrogen-bond acceptors (Lipinski definition) is 6. The van der Waals surface area contributed by atoms with E-state index in [1.165, 1.54) is 0 Å². The molecule has 2 unspecified atom stereocenters. The molecule has 2 aromatic rings. The molecule has 0 saturated carbocycles. The second-order valence-electron chi connectivity index (χ2n) is 5.69. The fraction of sp³-hybridized carbons (Fsp3) is 0.429. The van der Waals surface area contributed by atoms with Gasteiger partial charge in [-0.15, -0.1) is 0 Å². The highest BCUT2D eigenvalue weighted by atomic mass is 79.9. The van der Waals surface area contributed by atoms with Crippen LogP contribution in [0.5, 0.6) is 0 Å². The van der Waals surface area contributed by atoms with Crippen LogP contribution in [0.1, 0.15) is 0 Å². The standard InChI is InChI=1S/C14H18BrN7S/c1-21-7-8(4-18-21)9-5-19-22-13(16)11(15)12(20-14(9)22)10-6-17-2-3-23-10/h4-5,7,10,12,17,20H,2-3,6,16H2,1H3. The predicted octanol–water partition coefficient (Wildman–Crippen LogP) is 1.26. The smallest absolute Gasteiger partial charge is 0.140 e. The number of thioether (sulfide) groups is 1. The average molecular weight is 396 g/mol. The van der Waals surface area contributed by atoms with Crippen molar-refractivity contribution in [3.63, 3.8) is 0 Å². The monoisotopic (exact) mass is 395 g/mol. The molecule has 23 heavy (non-hydrogen) atoms. The Bertz CT molecular complexity index is 759. The molecule has 0 aromatic carbocycles. The van der Waals surface area contributed by atoms with Crippen LogP contribution >= 0.6 is 27.7 Å². The van der Waals surface area contributed by atoms with Gasteiger partial charge < -0.3 is 16.4 Å². The van der Waals surface area contributed by atoms with E-state index in [1.54, 1.807) is 9.36 Å². The quantitative estimate of drug-likeness (QED) is 0.709. The second kappa shape index (κ2) is 5.88. The molecule has 9 heteroatoms. The number of nitrogens with one attached hydrogen (secondary N) is 2. The van der Waals surface area contributed by atoms with E-state index in [4.69, 9.17) is 5.73 Å². The number of hydrogen-bond donors (Lipinski definition) is 3. The van der Waals surface area contributed by atoms with Crippen molar-refractivity contribution < 1.29 is 0 Å². The zero-order valence-corrected chi connectivity index (χ0v) is 15.1. The van der Waals surface area contributed by atoms with Crippen LogP contribution in [0.2, 0.25) is 0 Å². The van der Waals surface area contributed by atoms with Gasteiger partial charge in [-0.2, -0.15) is 22.0 Å². The van der Waals surface area contributed by atoms with Gasteiger partial charge in [-0.05, 0) is 15.9 Å². The first-order valence-electron chi connectivity index (χ1n) is 7.46. The summed E-state index contributed by atoms with van der Waals surface area (Å²) >= 11 is 5.64. The predicted molar refractivity (Wildman–Crippen MR) is 97.3 cm³/mol. The maximum atomic E-state index is 6.33. The summed E-state index contributed by atoms with van der Waals surface area (Å²) in [5, 5.41) is 16.2. The SMILES string of the molecule is Cn1cc(-c2cnn3c2NC(C2CNCCS2)C(Br)=C3N)cn1. The summed E-state index contributed by atoms with van der Waals surface area (Å²) < 4.78 is 4.51. The lowest BCUT2D eigenvalue weighted by molar-refractivity contribution is 0.633. The van der Waals surface area contributed by atoms with Crippen LogP contribution in [0.15, 0.2) is 23.1 Å². The summed E-state index contributed by atoms with van der Waals surface area (Å²) in [5.74, 6) is 2.68. The Morgan fingerprint density at radius 1 is 1.39 bits per heavy atom. The van der Waals surface area contributed by atoms with E-state index < -0.39 is 0 Å². The van der Waals surface area contributed by atoms with Crippen molar-refractivity contribution in [3.8, 4) is 11.1 Å². The molecule has 122 valence electrons. The van der Waals surface area contributed by atoms with Crippen LogP contribution < -0.4 is 16.4 Å². The van der Waals surface area contributed by atoms with Crippen LogP contribution in [-0.2, 0) is 7.05 Å². The van der Waals surface area contributed by atoms with Crippen molar-refractivity contribution in [2.75, 3.05) is 24.2 Å². The van der Waals surface area contributed by atoms with Crippen molar-refractivity contribution in [3.05, 3.63) is 23.1 Å². The summed E-state index contributed by atoms with van der Waals surface area (Å²) in [4.78, 5) is 0. The summed E-state index contributed by atoms with van der Waals surface area (Å²) in [6, 6.07) is 0.132. The van der Waals surface area contributed by atoms with E-state index in [0.717, 1.165) is 40.3 Å². The lowest BCUT2D eigenvalue weighted by Crippen LogP contribution is -2.46. The Morgan fingerprint density at radius 3 is 2.96 bits per heavy atom. The Morgan fingerprint density at radius 2 is 2.26 bits per heavy atom. The highest BCUT2D eigenvalue weighted by Gasteiger charge is 2.34. The van der Waals surface area contributed by atoms with Gasteiger partial charge in [0.15, 0.2) is 0 Å². The minimum atomic E-state index is 0.132. The molecule has 0 radical (unpaired) electrons. The van der Waals surface area contributed by atoms with Crippen molar-refractivity contribution >= 4 is 39.3 Å². The molecule has 7 nitrogen and oxygen atoms in total. The first-order valence-corrected chi connectivity index (χ1v) is 9.30. The first-order chi connectivity index (χ1) is 11.1. The topological polar surface area (TPSA) is 85.7 Å². The third kappa shape index (κ3) is 2.56. The third-order valence-corrected chi connectivity index (χ3v) is 6.36. The van der Waals surface area contributed by atoms with E-state index in [9.17, 15) is 0 Å². The van der Waals surface area contributed by atoms with Crippen LogP contribution in [0.25, 0.3) is 16.9 Å². The molecule has 2 aliphatic heterocycles. The number of aryl methyl sites for hydroxylation is 1. The Labute approximate surface area is 146 Å². The lowest BCUT2D eigenvalue weighted by Gasteiger charge is -2.35. The largest absolute Gasteiger partial charge is 0.383 e. The summed E-state index contributed by atoms with van der Waals surface area (Å²) in [7, 11) is 1.91. The molecular weight excluding hydrogens is 378 g/mol. The second-order valence-corrected chi connectivity index (χ2v) is 7.89. The van der Waals surface area contributed by atoms with Gasteiger partial charge in [0.1, 0.15) is 11.6 Å². The molecule has 0 aliphatic carbocycles. The first kappa shape index (κ1) is 15.1. The molecule has 2 atom stereocenters. The van der Waals surface area contributed by atoms with E-state index in [0.29, 0.717) is 11.1 Å². The van der Waals surface area contributed by atoms with Gasteiger partial charge in [0.2, 0.25) is 0 Å². The van der Waals surface area contributed by atoms with E-state index in [2.05, 4.69) is 36.8 Å². The molecule has 1 fully saturated rings. The molecule has 0 amide bonds. The fourth-order valence-corrected chi connectivity index (χ4v) is 4.94. The maximum absolute atomic E-state index is 6.33. The molecule has 2 aromatic heterocycles. The molecule has 4 N–H and O–H groups in total. The van der Waals surface area contributed by atoms with Gasteiger partial charge >= 0.3 is 0 Å². The Hall–Kier alpha value is -1.45. The number of nitrogens with two attached hydrogens (primary N) is 1. The average Bonchev–Trinajstić information content (AvgIpc) is 3.17.